The van der Waals surface area contributed by atoms with E-state index in [1.807, 2.05) is 24.4 Å². The van der Waals surface area contributed by atoms with Crippen molar-refractivity contribution in [2.24, 2.45) is 5.41 Å². The molecule has 0 N–H and O–H groups in total. The molecule has 0 spiro atoms. The van der Waals surface area contributed by atoms with Crippen molar-refractivity contribution in [2.75, 3.05) is 0 Å². The van der Waals surface area contributed by atoms with Crippen molar-refractivity contribution in [3.8, 4) is 11.3 Å². The van der Waals surface area contributed by atoms with E-state index in [0.29, 0.717) is 0 Å². The molecule has 0 atom stereocenters. The van der Waals surface area contributed by atoms with E-state index in [1.165, 1.54) is 5.69 Å². The Morgan fingerprint density at radius 3 is 2.32 bits per heavy atom. The molecule has 0 unspecified atom stereocenters. The molecule has 0 aromatic carbocycles. The summed E-state index contributed by atoms with van der Waals surface area (Å²) in [7, 11) is 0. The Kier molecular flexibility index (Phi) is 4.13. The molecule has 0 aliphatic carbocycles. The fraction of sp³-hybridized carbons (Fsp3) is 0.474. The van der Waals surface area contributed by atoms with E-state index in [4.69, 9.17) is 0 Å². The Hall–Kier alpha value is -1.05. The van der Waals surface area contributed by atoms with Crippen LogP contribution >= 0.6 is 0 Å². The van der Waals surface area contributed by atoms with Crippen molar-refractivity contribution in [3.63, 3.8) is 0 Å². The SMILES string of the molecule is CC1(C)c2c[c-]c(-c3ccccn3)c[n+]2C(C)(C)C1(C)C.[Ir]. The van der Waals surface area contributed by atoms with Gasteiger partial charge in [0.1, 0.15) is 5.69 Å². The van der Waals surface area contributed by atoms with Crippen molar-refractivity contribution >= 4 is 0 Å². The van der Waals surface area contributed by atoms with Gasteiger partial charge in [0.2, 0.25) is 0 Å². The van der Waals surface area contributed by atoms with Gasteiger partial charge in [-0.2, -0.15) is 0 Å². The molecule has 1 radical (unpaired) electrons. The van der Waals surface area contributed by atoms with Crippen LogP contribution in [-0.4, -0.2) is 4.98 Å². The van der Waals surface area contributed by atoms with Crippen LogP contribution in [0.5, 0.6) is 0 Å². The normalized spacial score (nSPS) is 20.1. The minimum absolute atomic E-state index is 0. The van der Waals surface area contributed by atoms with Crippen LogP contribution in [0.2, 0.25) is 0 Å². The van der Waals surface area contributed by atoms with Gasteiger partial charge in [-0.15, -0.1) is 6.07 Å². The maximum atomic E-state index is 4.45. The predicted molar refractivity (Wildman–Crippen MR) is 84.8 cm³/mol. The first-order valence-electron chi connectivity index (χ1n) is 7.59. The number of aromatic nitrogens is 2. The Morgan fingerprint density at radius 1 is 1.05 bits per heavy atom. The van der Waals surface area contributed by atoms with Gasteiger partial charge in [0.25, 0.3) is 0 Å². The summed E-state index contributed by atoms with van der Waals surface area (Å²) in [5.74, 6) is 0. The number of nitrogens with zero attached hydrogens (tertiary/aromatic N) is 2. The Bertz CT molecular complexity index is 688. The molecule has 119 valence electrons. The van der Waals surface area contributed by atoms with Crippen LogP contribution in [0.1, 0.15) is 47.2 Å². The maximum absolute atomic E-state index is 4.45. The molecule has 1 aliphatic heterocycles. The van der Waals surface area contributed by atoms with Gasteiger partial charge < -0.3 is 4.98 Å². The monoisotopic (exact) mass is 473 g/mol. The molecule has 3 heterocycles. The standard InChI is InChI=1S/C19H24N2.Ir/c1-17(2)16-11-10-14(15-9-7-8-12-20-15)13-21(16)19(5,6)18(17,3)4;/h7-9,11-13H,1-6H3;. The zero-order valence-corrected chi connectivity index (χ0v) is 16.6. The first kappa shape index (κ1) is 17.3. The maximum Gasteiger partial charge on any atom is 0.150 e. The second-order valence-corrected chi connectivity index (χ2v) is 7.61. The zero-order chi connectivity index (χ0) is 15.5. The fourth-order valence-electron chi connectivity index (χ4n) is 3.44. The Labute approximate surface area is 147 Å². The van der Waals surface area contributed by atoms with Crippen LogP contribution in [-0.2, 0) is 31.1 Å². The summed E-state index contributed by atoms with van der Waals surface area (Å²) < 4.78 is 2.42. The van der Waals surface area contributed by atoms with Gasteiger partial charge in [-0.3, -0.25) is 4.57 Å². The third-order valence-corrected chi connectivity index (χ3v) is 6.16. The molecule has 0 bridgehead atoms. The van der Waals surface area contributed by atoms with Gasteiger partial charge in [0.05, 0.1) is 6.20 Å². The number of fused-ring (bicyclic) bond motifs is 1. The van der Waals surface area contributed by atoms with E-state index < -0.39 is 0 Å². The molecular formula is C19H24IrN2. The molecule has 3 heteroatoms. The van der Waals surface area contributed by atoms with Crippen molar-refractivity contribution in [2.45, 2.75) is 52.5 Å². The minimum atomic E-state index is 0. The molecule has 0 fully saturated rings. The van der Waals surface area contributed by atoms with Crippen LogP contribution in [0.3, 0.4) is 0 Å². The second-order valence-electron chi connectivity index (χ2n) is 7.61. The first-order chi connectivity index (χ1) is 9.69. The molecule has 3 rings (SSSR count). The average Bonchev–Trinajstić information content (AvgIpc) is 2.56. The zero-order valence-electron chi connectivity index (χ0n) is 14.2. The largest absolute Gasteiger partial charge is 0.305 e. The molecule has 0 saturated carbocycles. The summed E-state index contributed by atoms with van der Waals surface area (Å²) in [5.41, 5.74) is 3.69. The molecule has 0 saturated heterocycles. The Balaban J connectivity index is 0.00000176. The summed E-state index contributed by atoms with van der Waals surface area (Å²) in [6.07, 6.45) is 4.05. The summed E-state index contributed by atoms with van der Waals surface area (Å²) in [6.45, 7) is 14.0. The summed E-state index contributed by atoms with van der Waals surface area (Å²) in [5, 5.41) is 0. The van der Waals surface area contributed by atoms with Crippen LogP contribution in [0.15, 0.2) is 36.7 Å². The third-order valence-electron chi connectivity index (χ3n) is 6.16. The van der Waals surface area contributed by atoms with Crippen molar-refractivity contribution < 1.29 is 24.7 Å². The number of rotatable bonds is 1. The smallest absolute Gasteiger partial charge is 0.150 e. The molecule has 2 aromatic heterocycles. The number of hydrogen-bond donors (Lipinski definition) is 0. The molecule has 0 amide bonds. The fourth-order valence-corrected chi connectivity index (χ4v) is 3.44. The predicted octanol–water partition coefficient (Wildman–Crippen LogP) is 3.89. The van der Waals surface area contributed by atoms with Crippen molar-refractivity contribution in [1.29, 1.82) is 0 Å². The molecule has 22 heavy (non-hydrogen) atoms. The van der Waals surface area contributed by atoms with E-state index in [9.17, 15) is 0 Å². The second kappa shape index (κ2) is 5.25. The van der Waals surface area contributed by atoms with Gasteiger partial charge in [-0.25, -0.2) is 0 Å². The molecule has 2 nitrogen and oxygen atoms in total. The van der Waals surface area contributed by atoms with Crippen LogP contribution < -0.4 is 4.57 Å². The number of pyridine rings is 2. The van der Waals surface area contributed by atoms with Crippen LogP contribution in [0.4, 0.5) is 0 Å². The molecular weight excluding hydrogens is 448 g/mol. The van der Waals surface area contributed by atoms with E-state index >= 15 is 0 Å². The van der Waals surface area contributed by atoms with Gasteiger partial charge >= 0.3 is 0 Å². The van der Waals surface area contributed by atoms with Gasteiger partial charge in [0, 0.05) is 37.1 Å². The van der Waals surface area contributed by atoms with Crippen LogP contribution in [0, 0.1) is 11.5 Å². The Morgan fingerprint density at radius 2 is 1.73 bits per heavy atom. The summed E-state index contributed by atoms with van der Waals surface area (Å²) >= 11 is 0. The summed E-state index contributed by atoms with van der Waals surface area (Å²) in [4.78, 5) is 4.45. The van der Waals surface area contributed by atoms with E-state index in [0.717, 1.165) is 11.3 Å². The van der Waals surface area contributed by atoms with E-state index in [1.54, 1.807) is 0 Å². The average molecular weight is 473 g/mol. The molecule has 1 aliphatic rings. The molecule has 2 aromatic rings. The third kappa shape index (κ3) is 2.10. The topological polar surface area (TPSA) is 16.8 Å². The van der Waals surface area contributed by atoms with Crippen LogP contribution in [0.25, 0.3) is 11.3 Å². The van der Waals surface area contributed by atoms with E-state index in [-0.39, 0.29) is 36.5 Å². The van der Waals surface area contributed by atoms with Crippen molar-refractivity contribution in [1.82, 2.24) is 4.98 Å². The van der Waals surface area contributed by atoms with Crippen molar-refractivity contribution in [3.05, 3.63) is 48.4 Å². The van der Waals surface area contributed by atoms with Gasteiger partial charge in [0.15, 0.2) is 5.54 Å². The first-order valence-corrected chi connectivity index (χ1v) is 7.59. The minimum Gasteiger partial charge on any atom is -0.305 e. The van der Waals surface area contributed by atoms with Gasteiger partial charge in [-0.1, -0.05) is 51.5 Å². The van der Waals surface area contributed by atoms with Gasteiger partial charge in [-0.05, 0) is 25.6 Å². The number of hydrogen-bond acceptors (Lipinski definition) is 1. The quantitative estimate of drug-likeness (QED) is 0.455. The van der Waals surface area contributed by atoms with E-state index in [2.05, 4.69) is 69.4 Å². The summed E-state index contributed by atoms with van der Waals surface area (Å²) in [6, 6.07) is 11.6.